The zero-order valence-electron chi connectivity index (χ0n) is 13.0. The van der Waals surface area contributed by atoms with Gasteiger partial charge in [0.2, 0.25) is 5.91 Å². The van der Waals surface area contributed by atoms with Crippen molar-refractivity contribution in [2.24, 2.45) is 0 Å². The lowest BCUT2D eigenvalue weighted by atomic mass is 10.2. The molecule has 1 saturated heterocycles. The quantitative estimate of drug-likeness (QED) is 0.889. The third kappa shape index (κ3) is 4.09. The summed E-state index contributed by atoms with van der Waals surface area (Å²) in [5.74, 6) is 0.119. The number of hydrogen-bond donors (Lipinski definition) is 1. The van der Waals surface area contributed by atoms with Crippen molar-refractivity contribution in [3.05, 3.63) is 48.7 Å². The van der Waals surface area contributed by atoms with E-state index >= 15 is 0 Å². The van der Waals surface area contributed by atoms with Gasteiger partial charge in [-0.1, -0.05) is 0 Å². The number of anilines is 1. The number of rotatable bonds is 6. The highest BCUT2D eigenvalue weighted by molar-refractivity contribution is 5.76. The fraction of sp³-hybridized carbons (Fsp3) is 0.412. The van der Waals surface area contributed by atoms with Crippen LogP contribution in [0.3, 0.4) is 0 Å². The first kappa shape index (κ1) is 15.5. The molecule has 23 heavy (non-hydrogen) atoms. The maximum atomic E-state index is 13.7. The molecule has 0 unspecified atom stereocenters. The number of halogens is 1. The summed E-state index contributed by atoms with van der Waals surface area (Å²) in [7, 11) is 0. The first-order valence-corrected chi connectivity index (χ1v) is 7.98. The average molecular weight is 316 g/mol. The third-order valence-electron chi connectivity index (χ3n) is 4.08. The minimum Gasteiger partial charge on any atom is -0.354 e. The zero-order valence-corrected chi connectivity index (χ0v) is 13.0. The van der Waals surface area contributed by atoms with E-state index in [4.69, 9.17) is 0 Å². The Hall–Kier alpha value is -2.37. The van der Waals surface area contributed by atoms with Crippen LogP contribution >= 0.6 is 0 Å². The number of pyridine rings is 1. The Morgan fingerprint density at radius 1 is 1.35 bits per heavy atom. The summed E-state index contributed by atoms with van der Waals surface area (Å²) in [5.41, 5.74) is 0. The number of nitrogens with zero attached hydrogens (tertiary/aromatic N) is 3. The van der Waals surface area contributed by atoms with Gasteiger partial charge in [0, 0.05) is 50.7 Å². The largest absolute Gasteiger partial charge is 0.354 e. The molecule has 1 aliphatic rings. The molecule has 2 aromatic heterocycles. The van der Waals surface area contributed by atoms with E-state index in [2.05, 4.69) is 14.9 Å². The maximum Gasteiger partial charge on any atom is 0.220 e. The monoisotopic (exact) mass is 316 g/mol. The lowest BCUT2D eigenvalue weighted by molar-refractivity contribution is -0.121. The van der Waals surface area contributed by atoms with E-state index < -0.39 is 0 Å². The molecule has 6 heteroatoms. The molecule has 1 aliphatic heterocycles. The topological polar surface area (TPSA) is 50.2 Å². The summed E-state index contributed by atoms with van der Waals surface area (Å²) >= 11 is 0. The Morgan fingerprint density at radius 3 is 2.96 bits per heavy atom. The first-order chi connectivity index (χ1) is 11.2. The molecule has 122 valence electrons. The summed E-state index contributed by atoms with van der Waals surface area (Å²) in [6, 6.07) is 7.01. The Kier molecular flexibility index (Phi) is 4.90. The Morgan fingerprint density at radius 2 is 2.17 bits per heavy atom. The lowest BCUT2D eigenvalue weighted by Gasteiger charge is -2.18. The number of carbonyl (C=O) groups is 1. The van der Waals surface area contributed by atoms with Crippen molar-refractivity contribution in [2.45, 2.75) is 31.8 Å². The Bertz CT molecular complexity index is 644. The number of aryl methyl sites for hydroxylation is 1. The summed E-state index contributed by atoms with van der Waals surface area (Å²) in [5, 5.41) is 3.04. The van der Waals surface area contributed by atoms with Crippen LogP contribution in [-0.2, 0) is 11.3 Å². The van der Waals surface area contributed by atoms with E-state index in [0.717, 1.165) is 19.4 Å². The second kappa shape index (κ2) is 7.26. The highest BCUT2D eigenvalue weighted by atomic mass is 19.1. The maximum absolute atomic E-state index is 13.7. The molecule has 2 aromatic rings. The molecule has 5 nitrogen and oxygen atoms in total. The van der Waals surface area contributed by atoms with E-state index in [0.29, 0.717) is 25.3 Å². The summed E-state index contributed by atoms with van der Waals surface area (Å²) < 4.78 is 15.8. The predicted molar refractivity (Wildman–Crippen MR) is 86.6 cm³/mol. The number of amides is 1. The first-order valence-electron chi connectivity index (χ1n) is 7.98. The van der Waals surface area contributed by atoms with Gasteiger partial charge in [-0.3, -0.25) is 4.79 Å². The molecule has 0 aliphatic carbocycles. The van der Waals surface area contributed by atoms with Crippen molar-refractivity contribution in [3.63, 3.8) is 0 Å². The van der Waals surface area contributed by atoms with Gasteiger partial charge in [-0.25, -0.2) is 9.37 Å². The van der Waals surface area contributed by atoms with Crippen LogP contribution in [0.25, 0.3) is 0 Å². The van der Waals surface area contributed by atoms with E-state index in [1.54, 1.807) is 12.3 Å². The minimum absolute atomic E-state index is 0.0606. The third-order valence-corrected chi connectivity index (χ3v) is 4.08. The smallest absolute Gasteiger partial charge is 0.220 e. The van der Waals surface area contributed by atoms with Crippen molar-refractivity contribution >= 4 is 11.7 Å². The van der Waals surface area contributed by atoms with E-state index in [9.17, 15) is 9.18 Å². The van der Waals surface area contributed by atoms with Gasteiger partial charge < -0.3 is 14.8 Å². The number of nitrogens with one attached hydrogen (secondary N) is 1. The standard InChI is InChI=1S/C17H21FN4O/c18-15-5-3-8-19-17(15)22-12-7-14(13-22)20-16(23)6-4-11-21-9-1-2-10-21/h1-3,5,8-10,14H,4,6-7,11-13H2,(H,20,23)/t14-/m1/s1. The molecular weight excluding hydrogens is 295 g/mol. The molecule has 1 atom stereocenters. The fourth-order valence-corrected chi connectivity index (χ4v) is 2.92. The van der Waals surface area contributed by atoms with Crippen molar-refractivity contribution in [1.82, 2.24) is 14.9 Å². The van der Waals surface area contributed by atoms with Crippen LogP contribution in [0.15, 0.2) is 42.9 Å². The lowest BCUT2D eigenvalue weighted by Crippen LogP contribution is -2.37. The van der Waals surface area contributed by atoms with Crippen LogP contribution in [-0.4, -0.2) is 34.6 Å². The number of aromatic nitrogens is 2. The highest BCUT2D eigenvalue weighted by Crippen LogP contribution is 2.20. The van der Waals surface area contributed by atoms with Crippen molar-refractivity contribution in [2.75, 3.05) is 18.0 Å². The van der Waals surface area contributed by atoms with Crippen molar-refractivity contribution < 1.29 is 9.18 Å². The molecule has 0 spiro atoms. The summed E-state index contributed by atoms with van der Waals surface area (Å²) in [4.78, 5) is 18.0. The van der Waals surface area contributed by atoms with Gasteiger partial charge in [-0.15, -0.1) is 0 Å². The van der Waals surface area contributed by atoms with Crippen LogP contribution < -0.4 is 10.2 Å². The van der Waals surface area contributed by atoms with Crippen molar-refractivity contribution in [3.8, 4) is 0 Å². The predicted octanol–water partition coefficient (Wildman–Crippen LogP) is 2.20. The Balaban J connectivity index is 1.42. The summed E-state index contributed by atoms with van der Waals surface area (Å²) in [6.45, 7) is 2.16. The molecule has 1 fully saturated rings. The van der Waals surface area contributed by atoms with E-state index in [1.807, 2.05) is 29.4 Å². The van der Waals surface area contributed by atoms with Crippen LogP contribution in [0.1, 0.15) is 19.3 Å². The highest BCUT2D eigenvalue weighted by Gasteiger charge is 2.26. The summed E-state index contributed by atoms with van der Waals surface area (Å²) in [6.07, 6.45) is 7.71. The molecule has 3 heterocycles. The molecule has 0 aromatic carbocycles. The van der Waals surface area contributed by atoms with Gasteiger partial charge in [0.05, 0.1) is 0 Å². The van der Waals surface area contributed by atoms with Gasteiger partial charge in [0.1, 0.15) is 0 Å². The molecular formula is C17H21FN4O. The number of hydrogen-bond acceptors (Lipinski definition) is 3. The fourth-order valence-electron chi connectivity index (χ4n) is 2.92. The average Bonchev–Trinajstić information content (AvgIpc) is 3.20. The van der Waals surface area contributed by atoms with Crippen molar-refractivity contribution in [1.29, 1.82) is 0 Å². The normalized spacial score (nSPS) is 17.4. The van der Waals surface area contributed by atoms with Gasteiger partial charge in [-0.05, 0) is 37.1 Å². The molecule has 1 amide bonds. The van der Waals surface area contributed by atoms with Crippen LogP contribution in [0.2, 0.25) is 0 Å². The second-order valence-corrected chi connectivity index (χ2v) is 5.83. The van der Waals surface area contributed by atoms with Gasteiger partial charge in [0.15, 0.2) is 11.6 Å². The molecule has 3 rings (SSSR count). The number of carbonyl (C=O) groups excluding carboxylic acids is 1. The second-order valence-electron chi connectivity index (χ2n) is 5.83. The molecule has 0 saturated carbocycles. The van der Waals surface area contributed by atoms with Gasteiger partial charge >= 0.3 is 0 Å². The van der Waals surface area contributed by atoms with Gasteiger partial charge in [0.25, 0.3) is 0 Å². The molecule has 0 radical (unpaired) electrons. The minimum atomic E-state index is -0.314. The Labute approximate surface area is 135 Å². The van der Waals surface area contributed by atoms with Crippen LogP contribution in [0.5, 0.6) is 0 Å². The molecule has 1 N–H and O–H groups in total. The van der Waals surface area contributed by atoms with E-state index in [-0.39, 0.29) is 17.8 Å². The van der Waals surface area contributed by atoms with E-state index in [1.165, 1.54) is 6.07 Å². The van der Waals surface area contributed by atoms with Crippen LogP contribution in [0.4, 0.5) is 10.2 Å². The van der Waals surface area contributed by atoms with Crippen LogP contribution in [0, 0.1) is 5.82 Å². The SMILES string of the molecule is O=C(CCCn1cccc1)N[C@@H]1CCN(c2ncccc2F)C1. The molecule has 0 bridgehead atoms. The zero-order chi connectivity index (χ0) is 16.1. The van der Waals surface area contributed by atoms with Gasteiger partial charge in [-0.2, -0.15) is 0 Å².